The van der Waals surface area contributed by atoms with Gasteiger partial charge in [0.15, 0.2) is 0 Å². The predicted molar refractivity (Wildman–Crippen MR) is 98.0 cm³/mol. The van der Waals surface area contributed by atoms with Crippen LogP contribution in [0.4, 0.5) is 0 Å². The maximum absolute atomic E-state index is 11.0. The maximum Gasteiger partial charge on any atom is 0.113 e. The Morgan fingerprint density at radius 2 is 1.52 bits per heavy atom. The van der Waals surface area contributed by atoms with Gasteiger partial charge in [-0.2, -0.15) is 0 Å². The lowest BCUT2D eigenvalue weighted by molar-refractivity contribution is -0.0260. The summed E-state index contributed by atoms with van der Waals surface area (Å²) < 4.78 is 0. The molecule has 0 saturated heterocycles. The zero-order chi connectivity index (χ0) is 16.3. The minimum Gasteiger partial charge on any atom is -0.385 e. The topological polar surface area (TPSA) is 20.2 Å². The van der Waals surface area contributed by atoms with Gasteiger partial charge >= 0.3 is 0 Å². The van der Waals surface area contributed by atoms with Crippen molar-refractivity contribution in [3.63, 3.8) is 0 Å². The highest BCUT2D eigenvalue weighted by Gasteiger charge is 2.38. The van der Waals surface area contributed by atoms with Gasteiger partial charge in [-0.3, -0.25) is 0 Å². The summed E-state index contributed by atoms with van der Waals surface area (Å²) in [7, 11) is 5.77. The van der Waals surface area contributed by atoms with E-state index in [4.69, 9.17) is 7.85 Å². The lowest BCUT2D eigenvalue weighted by Crippen LogP contribution is -2.34. The minimum atomic E-state index is -0.621. The Kier molecular flexibility index (Phi) is 5.51. The van der Waals surface area contributed by atoms with Crippen molar-refractivity contribution < 1.29 is 5.11 Å². The van der Waals surface area contributed by atoms with Crippen molar-refractivity contribution >= 4 is 13.3 Å². The molecule has 2 saturated carbocycles. The van der Waals surface area contributed by atoms with E-state index in [-0.39, 0.29) is 0 Å². The summed E-state index contributed by atoms with van der Waals surface area (Å²) in [6.07, 6.45) is 12.7. The first-order chi connectivity index (χ1) is 11.1. The summed E-state index contributed by atoms with van der Waals surface area (Å²) in [5, 5.41) is 11.0. The van der Waals surface area contributed by atoms with Gasteiger partial charge in [0, 0.05) is 0 Å². The van der Waals surface area contributed by atoms with Crippen molar-refractivity contribution in [2.45, 2.75) is 76.7 Å². The highest BCUT2D eigenvalue weighted by molar-refractivity contribution is 6.32. The zero-order valence-corrected chi connectivity index (χ0v) is 14.6. The molecule has 0 heterocycles. The first-order valence-electron chi connectivity index (χ1n) is 9.69. The highest BCUT2D eigenvalue weighted by Crippen LogP contribution is 2.46. The largest absolute Gasteiger partial charge is 0.385 e. The molecule has 0 amide bonds. The van der Waals surface area contributed by atoms with Crippen LogP contribution in [0.3, 0.4) is 0 Å². The molecule has 0 spiro atoms. The molecule has 2 radical (unpaired) electrons. The predicted octanol–water partition coefficient (Wildman–Crippen LogP) is 4.46. The first kappa shape index (κ1) is 17.1. The van der Waals surface area contributed by atoms with Crippen LogP contribution in [-0.4, -0.2) is 13.0 Å². The average Bonchev–Trinajstić information content (AvgIpc) is 2.57. The van der Waals surface area contributed by atoms with E-state index in [0.717, 1.165) is 41.6 Å². The van der Waals surface area contributed by atoms with Gasteiger partial charge in [-0.1, -0.05) is 62.3 Å². The molecule has 2 aliphatic rings. The van der Waals surface area contributed by atoms with E-state index in [1.807, 2.05) is 24.3 Å². The normalized spacial score (nSPS) is 35.1. The molecule has 1 nitrogen and oxygen atoms in total. The molecular formula is C21H31BO. The molecule has 124 valence electrons. The molecule has 1 aromatic carbocycles. The SMILES string of the molecule is [B]c1ccc(C2(O)CCC(C3CCC(CCC)CC3)CC2)cc1. The van der Waals surface area contributed by atoms with Gasteiger partial charge in [-0.25, -0.2) is 0 Å². The molecule has 0 atom stereocenters. The lowest BCUT2D eigenvalue weighted by Gasteiger charge is -2.41. The van der Waals surface area contributed by atoms with Crippen molar-refractivity contribution in [3.05, 3.63) is 29.8 Å². The quantitative estimate of drug-likeness (QED) is 0.814. The van der Waals surface area contributed by atoms with Crippen LogP contribution < -0.4 is 5.46 Å². The Labute approximate surface area is 143 Å². The van der Waals surface area contributed by atoms with Crippen molar-refractivity contribution in [1.29, 1.82) is 0 Å². The van der Waals surface area contributed by atoms with E-state index < -0.39 is 5.60 Å². The maximum atomic E-state index is 11.0. The summed E-state index contributed by atoms with van der Waals surface area (Å²) in [6.45, 7) is 2.31. The van der Waals surface area contributed by atoms with Gasteiger partial charge in [-0.15, -0.1) is 0 Å². The van der Waals surface area contributed by atoms with Crippen molar-refractivity contribution in [3.8, 4) is 0 Å². The fourth-order valence-corrected chi connectivity index (χ4v) is 5.03. The Balaban J connectivity index is 1.53. The van der Waals surface area contributed by atoms with Crippen LogP contribution in [0, 0.1) is 17.8 Å². The van der Waals surface area contributed by atoms with E-state index >= 15 is 0 Å². The Bertz CT molecular complexity index is 479. The molecule has 23 heavy (non-hydrogen) atoms. The Morgan fingerprint density at radius 3 is 2.09 bits per heavy atom. The first-order valence-corrected chi connectivity index (χ1v) is 9.69. The molecule has 2 heteroatoms. The van der Waals surface area contributed by atoms with Gasteiger partial charge in [0.2, 0.25) is 0 Å². The van der Waals surface area contributed by atoms with E-state index in [9.17, 15) is 5.11 Å². The summed E-state index contributed by atoms with van der Waals surface area (Å²) in [5.74, 6) is 2.75. The van der Waals surface area contributed by atoms with Crippen LogP contribution in [0.25, 0.3) is 0 Å². The smallest absolute Gasteiger partial charge is 0.113 e. The molecule has 2 aliphatic carbocycles. The summed E-state index contributed by atoms with van der Waals surface area (Å²) in [4.78, 5) is 0. The fourth-order valence-electron chi connectivity index (χ4n) is 5.03. The highest BCUT2D eigenvalue weighted by atomic mass is 16.3. The van der Waals surface area contributed by atoms with E-state index in [0.29, 0.717) is 0 Å². The molecule has 3 rings (SSSR count). The fraction of sp³-hybridized carbons (Fsp3) is 0.714. The van der Waals surface area contributed by atoms with Gasteiger partial charge in [0.05, 0.1) is 5.60 Å². The van der Waals surface area contributed by atoms with E-state index in [1.54, 1.807) is 0 Å². The lowest BCUT2D eigenvalue weighted by atomic mass is 9.66. The van der Waals surface area contributed by atoms with Gasteiger partial charge < -0.3 is 5.11 Å². The molecule has 1 aromatic rings. The van der Waals surface area contributed by atoms with E-state index in [1.165, 1.54) is 51.4 Å². The van der Waals surface area contributed by atoms with Crippen LogP contribution in [-0.2, 0) is 5.60 Å². The monoisotopic (exact) mass is 310 g/mol. The van der Waals surface area contributed by atoms with Crippen LogP contribution >= 0.6 is 0 Å². The second-order valence-electron chi connectivity index (χ2n) is 8.06. The van der Waals surface area contributed by atoms with Gasteiger partial charge in [0.25, 0.3) is 0 Å². The number of hydrogen-bond acceptors (Lipinski definition) is 1. The number of aliphatic hydroxyl groups is 1. The number of rotatable bonds is 4. The van der Waals surface area contributed by atoms with Gasteiger partial charge in [0.1, 0.15) is 7.85 Å². The van der Waals surface area contributed by atoms with Gasteiger partial charge in [-0.05, 0) is 61.8 Å². The molecule has 0 unspecified atom stereocenters. The molecular weight excluding hydrogens is 279 g/mol. The third-order valence-corrected chi connectivity index (χ3v) is 6.56. The van der Waals surface area contributed by atoms with Crippen LogP contribution in [0.2, 0.25) is 0 Å². The third-order valence-electron chi connectivity index (χ3n) is 6.56. The van der Waals surface area contributed by atoms with Crippen molar-refractivity contribution in [2.24, 2.45) is 17.8 Å². The summed E-state index contributed by atoms with van der Waals surface area (Å²) >= 11 is 0. The average molecular weight is 310 g/mol. The van der Waals surface area contributed by atoms with Crippen molar-refractivity contribution in [1.82, 2.24) is 0 Å². The Hall–Kier alpha value is -0.755. The molecule has 0 aromatic heterocycles. The summed E-state index contributed by atoms with van der Waals surface area (Å²) in [5.41, 5.74) is 1.20. The Morgan fingerprint density at radius 1 is 0.957 bits per heavy atom. The molecule has 0 bridgehead atoms. The molecule has 1 N–H and O–H groups in total. The number of benzene rings is 1. The second kappa shape index (κ2) is 7.42. The minimum absolute atomic E-state index is 0.621. The molecule has 0 aliphatic heterocycles. The zero-order valence-electron chi connectivity index (χ0n) is 14.6. The standard InChI is InChI=1S/C21H31BO/c1-2-3-16-4-6-17(7-5-16)18-12-14-21(23,15-13-18)19-8-10-20(22)11-9-19/h8-11,16-18,23H,2-7,12-15H2,1H3. The van der Waals surface area contributed by atoms with Crippen LogP contribution in [0.5, 0.6) is 0 Å². The third kappa shape index (κ3) is 4.02. The van der Waals surface area contributed by atoms with Crippen LogP contribution in [0.15, 0.2) is 24.3 Å². The summed E-state index contributed by atoms with van der Waals surface area (Å²) in [6, 6.07) is 7.83. The molecule has 2 fully saturated rings. The number of hydrogen-bond donors (Lipinski definition) is 1. The van der Waals surface area contributed by atoms with E-state index in [2.05, 4.69) is 6.92 Å². The van der Waals surface area contributed by atoms with Crippen molar-refractivity contribution in [2.75, 3.05) is 0 Å². The second-order valence-corrected chi connectivity index (χ2v) is 8.06. The van der Waals surface area contributed by atoms with Crippen LogP contribution in [0.1, 0.15) is 76.7 Å².